The molecule has 0 saturated heterocycles. The van der Waals surface area contributed by atoms with E-state index in [1.165, 1.54) is 17.0 Å². The van der Waals surface area contributed by atoms with Gasteiger partial charge in [-0.2, -0.15) is 0 Å². The van der Waals surface area contributed by atoms with E-state index in [1.807, 2.05) is 81.4 Å². The number of benzene rings is 4. The van der Waals surface area contributed by atoms with E-state index in [9.17, 15) is 18.0 Å². The van der Waals surface area contributed by atoms with Gasteiger partial charge in [0, 0.05) is 24.0 Å². The zero-order valence-electron chi connectivity index (χ0n) is 25.2. The molecule has 0 bridgehead atoms. The SMILES string of the molecule is CCCNC(=O)C(Cc1ccccc1)N(Cc1ccc(Br)cc1)C(=O)CN(c1ccc(C)c(C)c1)S(=O)(=O)c1ccccc1. The Hall–Kier alpha value is -3.95. The summed E-state index contributed by atoms with van der Waals surface area (Å²) < 4.78 is 30.2. The number of sulfonamides is 1. The van der Waals surface area contributed by atoms with Gasteiger partial charge in [-0.3, -0.25) is 13.9 Å². The molecule has 1 atom stereocenters. The fourth-order valence-electron chi connectivity index (χ4n) is 4.84. The number of nitrogens with one attached hydrogen (secondary N) is 1. The Morgan fingerprint density at radius 1 is 0.818 bits per heavy atom. The molecule has 44 heavy (non-hydrogen) atoms. The van der Waals surface area contributed by atoms with E-state index in [2.05, 4.69) is 21.2 Å². The van der Waals surface area contributed by atoms with Crippen LogP contribution in [0, 0.1) is 13.8 Å². The van der Waals surface area contributed by atoms with E-state index in [4.69, 9.17) is 0 Å². The fourth-order valence-corrected chi connectivity index (χ4v) is 6.53. The molecule has 4 rings (SSSR count). The number of halogens is 1. The molecule has 4 aromatic carbocycles. The van der Waals surface area contributed by atoms with Crippen LogP contribution in [0.3, 0.4) is 0 Å². The smallest absolute Gasteiger partial charge is 0.264 e. The molecule has 1 unspecified atom stereocenters. The predicted octanol–water partition coefficient (Wildman–Crippen LogP) is 6.43. The molecule has 0 aliphatic heterocycles. The minimum atomic E-state index is -4.13. The Kier molecular flexibility index (Phi) is 11.4. The van der Waals surface area contributed by atoms with E-state index in [1.54, 1.807) is 30.3 Å². The van der Waals surface area contributed by atoms with Crippen LogP contribution in [0.4, 0.5) is 5.69 Å². The molecule has 2 amide bonds. The molecule has 0 heterocycles. The maximum atomic E-state index is 14.5. The quantitative estimate of drug-likeness (QED) is 0.177. The van der Waals surface area contributed by atoms with Crippen molar-refractivity contribution in [2.75, 3.05) is 17.4 Å². The number of anilines is 1. The minimum absolute atomic E-state index is 0.0759. The number of nitrogens with zero attached hydrogens (tertiary/aromatic N) is 2. The van der Waals surface area contributed by atoms with Gasteiger partial charge in [-0.05, 0) is 78.9 Å². The molecule has 0 spiro atoms. The largest absolute Gasteiger partial charge is 0.354 e. The predicted molar refractivity (Wildman–Crippen MR) is 179 cm³/mol. The molecular formula is C35H38BrN3O4S. The first-order valence-electron chi connectivity index (χ1n) is 14.6. The third-order valence-corrected chi connectivity index (χ3v) is 9.79. The molecule has 7 nitrogen and oxygen atoms in total. The van der Waals surface area contributed by atoms with Gasteiger partial charge in [-0.1, -0.05) is 89.6 Å². The number of aryl methyl sites for hydroxylation is 2. The molecular weight excluding hydrogens is 638 g/mol. The highest BCUT2D eigenvalue weighted by molar-refractivity contribution is 9.10. The zero-order chi connectivity index (χ0) is 31.7. The van der Waals surface area contributed by atoms with Crippen molar-refractivity contribution in [3.8, 4) is 0 Å². The average Bonchev–Trinajstić information content (AvgIpc) is 3.03. The summed E-state index contributed by atoms with van der Waals surface area (Å²) >= 11 is 3.46. The number of amides is 2. The number of hydrogen-bond donors (Lipinski definition) is 1. The van der Waals surface area contributed by atoms with Crippen LogP contribution in [0.15, 0.2) is 112 Å². The molecule has 0 aromatic heterocycles. The normalized spacial score (nSPS) is 11.9. The summed E-state index contributed by atoms with van der Waals surface area (Å²) in [5.41, 5.74) is 3.98. The lowest BCUT2D eigenvalue weighted by atomic mass is 10.0. The Morgan fingerprint density at radius 2 is 1.45 bits per heavy atom. The monoisotopic (exact) mass is 675 g/mol. The molecule has 230 valence electrons. The third kappa shape index (κ3) is 8.36. The number of carbonyl (C=O) groups is 2. The maximum Gasteiger partial charge on any atom is 0.264 e. The standard InChI is InChI=1S/C35H38BrN3O4S/c1-4-21-37-35(41)33(23-28-11-7-5-8-12-28)38(24-29-16-18-30(36)19-17-29)34(40)25-39(31-20-15-26(2)27(3)22-31)44(42,43)32-13-9-6-10-14-32/h5-20,22,33H,4,21,23-25H2,1-3H3,(H,37,41). The van der Waals surface area contributed by atoms with Crippen LogP contribution < -0.4 is 9.62 Å². The Morgan fingerprint density at radius 3 is 2.07 bits per heavy atom. The fraction of sp³-hybridized carbons (Fsp3) is 0.257. The minimum Gasteiger partial charge on any atom is -0.354 e. The number of carbonyl (C=O) groups excluding carboxylic acids is 2. The highest BCUT2D eigenvalue weighted by Crippen LogP contribution is 2.27. The molecule has 0 aliphatic carbocycles. The summed E-state index contributed by atoms with van der Waals surface area (Å²) in [7, 11) is -4.13. The Bertz CT molecular complexity index is 1660. The van der Waals surface area contributed by atoms with E-state index < -0.39 is 28.5 Å². The van der Waals surface area contributed by atoms with Gasteiger partial charge in [0.15, 0.2) is 0 Å². The topological polar surface area (TPSA) is 86.8 Å². The van der Waals surface area contributed by atoms with Crippen molar-refractivity contribution < 1.29 is 18.0 Å². The van der Waals surface area contributed by atoms with Crippen molar-refractivity contribution >= 4 is 43.5 Å². The molecule has 4 aromatic rings. The van der Waals surface area contributed by atoms with Crippen LogP contribution in [-0.2, 0) is 32.6 Å². The average molecular weight is 677 g/mol. The summed E-state index contributed by atoms with van der Waals surface area (Å²) in [5.74, 6) is -0.775. The highest BCUT2D eigenvalue weighted by atomic mass is 79.9. The van der Waals surface area contributed by atoms with Gasteiger partial charge >= 0.3 is 0 Å². The summed E-state index contributed by atoms with van der Waals surface area (Å²) in [6, 6.07) is 29.6. The first-order chi connectivity index (χ1) is 21.1. The highest BCUT2D eigenvalue weighted by Gasteiger charge is 2.34. The van der Waals surface area contributed by atoms with Gasteiger partial charge in [-0.25, -0.2) is 8.42 Å². The van der Waals surface area contributed by atoms with Crippen molar-refractivity contribution in [1.82, 2.24) is 10.2 Å². The van der Waals surface area contributed by atoms with Gasteiger partial charge < -0.3 is 10.2 Å². The summed E-state index contributed by atoms with van der Waals surface area (Å²) in [5, 5.41) is 2.97. The van der Waals surface area contributed by atoms with Gasteiger partial charge in [-0.15, -0.1) is 0 Å². The van der Waals surface area contributed by atoms with Crippen LogP contribution >= 0.6 is 15.9 Å². The summed E-state index contributed by atoms with van der Waals surface area (Å²) in [6.07, 6.45) is 1.01. The van der Waals surface area contributed by atoms with Crippen LogP contribution in [0.1, 0.15) is 35.6 Å². The molecule has 9 heteroatoms. The van der Waals surface area contributed by atoms with Crippen molar-refractivity contribution in [2.24, 2.45) is 0 Å². The van der Waals surface area contributed by atoms with Gasteiger partial charge in [0.2, 0.25) is 11.8 Å². The lowest BCUT2D eigenvalue weighted by Gasteiger charge is -2.34. The van der Waals surface area contributed by atoms with Crippen molar-refractivity contribution in [3.63, 3.8) is 0 Å². The second kappa shape index (κ2) is 15.2. The third-order valence-electron chi connectivity index (χ3n) is 7.48. The van der Waals surface area contributed by atoms with Gasteiger partial charge in [0.05, 0.1) is 10.6 Å². The lowest BCUT2D eigenvalue weighted by molar-refractivity contribution is -0.140. The molecule has 0 radical (unpaired) electrons. The van der Waals surface area contributed by atoms with Crippen LogP contribution in [0.25, 0.3) is 0 Å². The Balaban J connectivity index is 1.80. The molecule has 1 N–H and O–H groups in total. The molecule has 0 saturated carbocycles. The Labute approximate surface area is 269 Å². The summed E-state index contributed by atoms with van der Waals surface area (Å²) in [4.78, 5) is 29.8. The maximum absolute atomic E-state index is 14.5. The molecule has 0 aliphatic rings. The summed E-state index contributed by atoms with van der Waals surface area (Å²) in [6.45, 7) is 5.91. The van der Waals surface area contributed by atoms with Crippen LogP contribution in [0.5, 0.6) is 0 Å². The number of hydrogen-bond acceptors (Lipinski definition) is 4. The zero-order valence-corrected chi connectivity index (χ0v) is 27.6. The van der Waals surface area contributed by atoms with E-state index in [-0.39, 0.29) is 23.8 Å². The number of rotatable bonds is 13. The first kappa shape index (κ1) is 33.0. The van der Waals surface area contributed by atoms with E-state index >= 15 is 0 Å². The van der Waals surface area contributed by atoms with Gasteiger partial charge in [0.25, 0.3) is 10.0 Å². The van der Waals surface area contributed by atoms with Crippen LogP contribution in [-0.4, -0.2) is 44.3 Å². The second-order valence-electron chi connectivity index (χ2n) is 10.7. The lowest BCUT2D eigenvalue weighted by Crippen LogP contribution is -2.53. The van der Waals surface area contributed by atoms with Gasteiger partial charge in [0.1, 0.15) is 12.6 Å². The van der Waals surface area contributed by atoms with E-state index in [0.717, 1.165) is 37.5 Å². The van der Waals surface area contributed by atoms with Crippen molar-refractivity contribution in [3.05, 3.63) is 130 Å². The van der Waals surface area contributed by atoms with Crippen molar-refractivity contribution in [2.45, 2.75) is 51.1 Å². The second-order valence-corrected chi connectivity index (χ2v) is 13.5. The van der Waals surface area contributed by atoms with Crippen molar-refractivity contribution in [1.29, 1.82) is 0 Å². The molecule has 0 fully saturated rings. The van der Waals surface area contributed by atoms with Crippen LogP contribution in [0.2, 0.25) is 0 Å². The van der Waals surface area contributed by atoms with E-state index in [0.29, 0.717) is 12.2 Å². The first-order valence-corrected chi connectivity index (χ1v) is 16.8.